The molecule has 0 fully saturated rings. The highest BCUT2D eigenvalue weighted by Crippen LogP contribution is 1.82. The molecule has 1 atom stereocenters. The minimum Gasteiger partial charge on any atom is -0.478 e. The monoisotopic (exact) mass is 139 g/mol. The lowest BCUT2D eigenvalue weighted by Gasteiger charge is -1.92. The Kier molecular flexibility index (Phi) is 3.96. The van der Waals surface area contributed by atoms with E-state index in [4.69, 9.17) is 10.8 Å². The highest BCUT2D eigenvalue weighted by Gasteiger charge is 1.89. The standard InChI is InChI=1S/C7H9NO2/c1-2-3-6(8)4-5-7(9)10/h3-6H,1,8H2,(H,9,10)/b5-4+. The van der Waals surface area contributed by atoms with Crippen molar-refractivity contribution in [3.63, 3.8) is 0 Å². The number of carbonyl (C=O) groups is 1. The first-order valence-electron chi connectivity index (χ1n) is 2.69. The summed E-state index contributed by atoms with van der Waals surface area (Å²) in [5.41, 5.74) is 7.77. The molecule has 0 aliphatic heterocycles. The third-order valence-electron chi connectivity index (χ3n) is 0.771. The van der Waals surface area contributed by atoms with Gasteiger partial charge in [-0.2, -0.15) is 0 Å². The van der Waals surface area contributed by atoms with Gasteiger partial charge in [-0.3, -0.25) is 0 Å². The van der Waals surface area contributed by atoms with Crippen LogP contribution >= 0.6 is 0 Å². The largest absolute Gasteiger partial charge is 0.478 e. The van der Waals surface area contributed by atoms with Gasteiger partial charge in [0.05, 0.1) is 0 Å². The topological polar surface area (TPSA) is 63.3 Å². The van der Waals surface area contributed by atoms with Crippen molar-refractivity contribution in [2.75, 3.05) is 0 Å². The van der Waals surface area contributed by atoms with E-state index in [-0.39, 0.29) is 0 Å². The maximum Gasteiger partial charge on any atom is 0.328 e. The van der Waals surface area contributed by atoms with Crippen LogP contribution in [-0.4, -0.2) is 17.1 Å². The van der Waals surface area contributed by atoms with E-state index in [0.29, 0.717) is 0 Å². The fraction of sp³-hybridized carbons (Fsp3) is 0.143. The summed E-state index contributed by atoms with van der Waals surface area (Å²) in [6.45, 7) is 3.29. The lowest BCUT2D eigenvalue weighted by molar-refractivity contribution is -0.131. The summed E-state index contributed by atoms with van der Waals surface area (Å²) >= 11 is 0. The van der Waals surface area contributed by atoms with Gasteiger partial charge in [0.15, 0.2) is 0 Å². The molecule has 0 amide bonds. The minimum atomic E-state index is -1.01. The number of nitrogens with two attached hydrogens (primary N) is 1. The Bertz CT molecular complexity index is 190. The van der Waals surface area contributed by atoms with Crippen molar-refractivity contribution in [2.45, 2.75) is 6.04 Å². The Morgan fingerprint density at radius 3 is 2.80 bits per heavy atom. The fourth-order valence-corrected chi connectivity index (χ4v) is 0.385. The highest BCUT2D eigenvalue weighted by atomic mass is 16.4. The molecule has 0 heterocycles. The molecule has 0 saturated heterocycles. The summed E-state index contributed by atoms with van der Waals surface area (Å²) in [6.07, 6.45) is 3.80. The van der Waals surface area contributed by atoms with Crippen molar-refractivity contribution < 1.29 is 9.90 Å². The predicted molar refractivity (Wildman–Crippen MR) is 38.5 cm³/mol. The van der Waals surface area contributed by atoms with Crippen molar-refractivity contribution in [1.29, 1.82) is 0 Å². The molecular weight excluding hydrogens is 130 g/mol. The Hall–Kier alpha value is -1.31. The maximum atomic E-state index is 9.92. The highest BCUT2D eigenvalue weighted by molar-refractivity contribution is 5.79. The van der Waals surface area contributed by atoms with Crippen LogP contribution in [0.2, 0.25) is 0 Å². The second-order valence-electron chi connectivity index (χ2n) is 1.65. The van der Waals surface area contributed by atoms with Crippen molar-refractivity contribution in [3.05, 3.63) is 30.5 Å². The van der Waals surface area contributed by atoms with Crippen LogP contribution in [0.4, 0.5) is 0 Å². The number of aliphatic carboxylic acids is 1. The van der Waals surface area contributed by atoms with E-state index in [9.17, 15) is 4.79 Å². The van der Waals surface area contributed by atoms with E-state index in [2.05, 4.69) is 12.3 Å². The zero-order valence-corrected chi connectivity index (χ0v) is 5.45. The van der Waals surface area contributed by atoms with Gasteiger partial charge in [0, 0.05) is 12.1 Å². The Morgan fingerprint density at radius 1 is 1.80 bits per heavy atom. The van der Waals surface area contributed by atoms with E-state index >= 15 is 0 Å². The SMILES string of the molecule is C=C=CC(N)/C=C/C(=O)O. The molecule has 10 heavy (non-hydrogen) atoms. The van der Waals surface area contributed by atoms with Gasteiger partial charge in [0.2, 0.25) is 0 Å². The molecular formula is C7H9NO2. The molecule has 0 aromatic rings. The quantitative estimate of drug-likeness (QED) is 0.436. The molecule has 3 N–H and O–H groups in total. The third-order valence-corrected chi connectivity index (χ3v) is 0.771. The van der Waals surface area contributed by atoms with Crippen molar-refractivity contribution in [2.24, 2.45) is 5.73 Å². The summed E-state index contributed by atoms with van der Waals surface area (Å²) in [5, 5.41) is 8.14. The molecule has 3 heteroatoms. The number of carboxylic acid groups (broad SMARTS) is 1. The van der Waals surface area contributed by atoms with Gasteiger partial charge in [-0.15, -0.1) is 5.73 Å². The number of hydrogen-bond acceptors (Lipinski definition) is 2. The van der Waals surface area contributed by atoms with Crippen LogP contribution in [0.5, 0.6) is 0 Å². The average Bonchev–Trinajstić information content (AvgIpc) is 1.85. The number of hydrogen-bond donors (Lipinski definition) is 2. The Balaban J connectivity index is 3.88. The summed E-state index contributed by atoms with van der Waals surface area (Å²) in [5.74, 6) is -1.01. The summed E-state index contributed by atoms with van der Waals surface area (Å²) in [6, 6.07) is -0.409. The first kappa shape index (κ1) is 8.69. The lowest BCUT2D eigenvalue weighted by atomic mass is 10.3. The van der Waals surface area contributed by atoms with Gasteiger partial charge in [-0.05, 0) is 6.08 Å². The van der Waals surface area contributed by atoms with Gasteiger partial charge in [0.1, 0.15) is 0 Å². The van der Waals surface area contributed by atoms with Crippen LogP contribution in [0.1, 0.15) is 0 Å². The molecule has 54 valence electrons. The fourth-order valence-electron chi connectivity index (χ4n) is 0.385. The minimum absolute atomic E-state index is 0.409. The van der Waals surface area contributed by atoms with Crippen LogP contribution in [-0.2, 0) is 4.79 Å². The average molecular weight is 139 g/mol. The van der Waals surface area contributed by atoms with Crippen molar-refractivity contribution >= 4 is 5.97 Å². The number of rotatable bonds is 3. The van der Waals surface area contributed by atoms with Gasteiger partial charge < -0.3 is 10.8 Å². The third kappa shape index (κ3) is 4.84. The van der Waals surface area contributed by atoms with Crippen molar-refractivity contribution in [3.8, 4) is 0 Å². The Morgan fingerprint density at radius 2 is 2.40 bits per heavy atom. The second kappa shape index (κ2) is 4.56. The van der Waals surface area contributed by atoms with E-state index in [0.717, 1.165) is 6.08 Å². The van der Waals surface area contributed by atoms with E-state index < -0.39 is 12.0 Å². The molecule has 0 aliphatic carbocycles. The molecule has 3 nitrogen and oxygen atoms in total. The molecule has 0 aliphatic rings. The summed E-state index contributed by atoms with van der Waals surface area (Å²) < 4.78 is 0. The summed E-state index contributed by atoms with van der Waals surface area (Å²) in [4.78, 5) is 9.92. The van der Waals surface area contributed by atoms with E-state index in [1.54, 1.807) is 0 Å². The van der Waals surface area contributed by atoms with Crippen molar-refractivity contribution in [1.82, 2.24) is 0 Å². The van der Waals surface area contributed by atoms with Gasteiger partial charge >= 0.3 is 5.97 Å². The van der Waals surface area contributed by atoms with Gasteiger partial charge in [-0.1, -0.05) is 12.7 Å². The predicted octanol–water partition coefficient (Wildman–Crippen LogP) is 0.296. The first-order valence-corrected chi connectivity index (χ1v) is 2.69. The molecule has 0 bridgehead atoms. The van der Waals surface area contributed by atoms with Crippen LogP contribution < -0.4 is 5.73 Å². The molecule has 0 rings (SSSR count). The first-order chi connectivity index (χ1) is 4.66. The second-order valence-corrected chi connectivity index (χ2v) is 1.65. The molecule has 0 radical (unpaired) electrons. The zero-order chi connectivity index (χ0) is 7.98. The van der Waals surface area contributed by atoms with Crippen LogP contribution in [0.3, 0.4) is 0 Å². The van der Waals surface area contributed by atoms with Crippen LogP contribution in [0.15, 0.2) is 30.5 Å². The molecule has 0 saturated carbocycles. The normalized spacial score (nSPS) is 12.5. The van der Waals surface area contributed by atoms with E-state index in [1.807, 2.05) is 0 Å². The molecule has 0 aromatic carbocycles. The van der Waals surface area contributed by atoms with E-state index in [1.165, 1.54) is 12.2 Å². The smallest absolute Gasteiger partial charge is 0.328 e. The maximum absolute atomic E-state index is 9.92. The molecule has 1 unspecified atom stereocenters. The molecule has 0 spiro atoms. The molecule has 0 aromatic heterocycles. The van der Waals surface area contributed by atoms with Gasteiger partial charge in [0.25, 0.3) is 0 Å². The number of carboxylic acids is 1. The summed E-state index contributed by atoms with van der Waals surface area (Å²) in [7, 11) is 0. The lowest BCUT2D eigenvalue weighted by Crippen LogP contribution is -2.12. The van der Waals surface area contributed by atoms with Crippen LogP contribution in [0.25, 0.3) is 0 Å². The zero-order valence-electron chi connectivity index (χ0n) is 5.45. The van der Waals surface area contributed by atoms with Gasteiger partial charge in [-0.25, -0.2) is 4.79 Å². The van der Waals surface area contributed by atoms with Crippen LogP contribution in [0, 0.1) is 0 Å². The Labute approximate surface area is 59.2 Å².